The van der Waals surface area contributed by atoms with E-state index in [1.807, 2.05) is 6.92 Å². The summed E-state index contributed by atoms with van der Waals surface area (Å²) in [4.78, 5) is 0. The smallest absolute Gasteiger partial charge is 0.460 e. The van der Waals surface area contributed by atoms with Crippen LogP contribution < -0.4 is 10.1 Å². The van der Waals surface area contributed by atoms with Gasteiger partial charge in [0.05, 0.1) is 12.1 Å². The van der Waals surface area contributed by atoms with Gasteiger partial charge in [-0.25, -0.2) is 0 Å². The Kier molecular flexibility index (Phi) is 4.90. The number of alkyl halides is 3. The van der Waals surface area contributed by atoms with E-state index < -0.39 is 6.36 Å². The molecule has 0 aliphatic carbocycles. The Morgan fingerprint density at radius 3 is 2.62 bits per heavy atom. The number of ether oxygens (including phenoxy) is 1. The fourth-order valence-electron chi connectivity index (χ4n) is 1.89. The molecule has 0 atom stereocenters. The average molecular weight is 299 g/mol. The van der Waals surface area contributed by atoms with Crippen molar-refractivity contribution in [2.75, 3.05) is 6.54 Å². The molecular formula is C15H16F3NO2. The topological polar surface area (TPSA) is 34.4 Å². The lowest BCUT2D eigenvalue weighted by Crippen LogP contribution is -2.17. The molecule has 0 spiro atoms. The van der Waals surface area contributed by atoms with E-state index in [0.29, 0.717) is 18.1 Å². The van der Waals surface area contributed by atoms with Crippen LogP contribution in [0.1, 0.15) is 19.1 Å². The predicted molar refractivity (Wildman–Crippen MR) is 72.8 cm³/mol. The molecule has 0 unspecified atom stereocenters. The molecule has 0 radical (unpaired) electrons. The SMILES string of the molecule is CCCNCc1ccc(-c2ccccc2OC(F)(F)F)o1. The molecule has 6 heteroatoms. The minimum absolute atomic E-state index is 0.271. The molecule has 1 aromatic heterocycles. The summed E-state index contributed by atoms with van der Waals surface area (Å²) in [5, 5.41) is 3.16. The van der Waals surface area contributed by atoms with E-state index in [9.17, 15) is 13.2 Å². The summed E-state index contributed by atoms with van der Waals surface area (Å²) in [5.74, 6) is 0.746. The lowest BCUT2D eigenvalue weighted by molar-refractivity contribution is -0.274. The molecule has 1 N–H and O–H groups in total. The van der Waals surface area contributed by atoms with Crippen molar-refractivity contribution in [3.63, 3.8) is 0 Å². The molecule has 0 fully saturated rings. The number of halogens is 3. The van der Waals surface area contributed by atoms with Gasteiger partial charge in [-0.15, -0.1) is 13.2 Å². The van der Waals surface area contributed by atoms with Gasteiger partial charge in [-0.3, -0.25) is 0 Å². The lowest BCUT2D eigenvalue weighted by Gasteiger charge is -2.11. The van der Waals surface area contributed by atoms with Crippen molar-refractivity contribution in [3.8, 4) is 17.1 Å². The summed E-state index contributed by atoms with van der Waals surface area (Å²) in [6.07, 6.45) is -3.73. The molecular weight excluding hydrogens is 283 g/mol. The maximum atomic E-state index is 12.4. The monoisotopic (exact) mass is 299 g/mol. The second-order valence-corrected chi connectivity index (χ2v) is 4.49. The Balaban J connectivity index is 2.18. The molecule has 3 nitrogen and oxygen atoms in total. The van der Waals surface area contributed by atoms with E-state index in [2.05, 4.69) is 10.1 Å². The Labute approximate surface area is 120 Å². The second-order valence-electron chi connectivity index (χ2n) is 4.49. The van der Waals surface area contributed by atoms with Gasteiger partial charge in [0.25, 0.3) is 0 Å². The molecule has 1 heterocycles. The molecule has 2 aromatic rings. The maximum Gasteiger partial charge on any atom is 0.573 e. The number of nitrogens with one attached hydrogen (secondary N) is 1. The van der Waals surface area contributed by atoms with Crippen LogP contribution >= 0.6 is 0 Å². The first-order chi connectivity index (χ1) is 9.99. The summed E-state index contributed by atoms with van der Waals surface area (Å²) in [7, 11) is 0. The molecule has 0 aliphatic rings. The van der Waals surface area contributed by atoms with Crippen LogP contribution in [0.5, 0.6) is 5.75 Å². The van der Waals surface area contributed by atoms with Crippen molar-refractivity contribution in [2.24, 2.45) is 0 Å². The van der Waals surface area contributed by atoms with Gasteiger partial charge in [-0.05, 0) is 37.2 Å². The van der Waals surface area contributed by atoms with E-state index in [-0.39, 0.29) is 11.3 Å². The summed E-state index contributed by atoms with van der Waals surface area (Å²) in [5.41, 5.74) is 0.275. The van der Waals surface area contributed by atoms with E-state index in [0.717, 1.165) is 13.0 Å². The van der Waals surface area contributed by atoms with Gasteiger partial charge < -0.3 is 14.5 Å². The molecule has 2 rings (SSSR count). The lowest BCUT2D eigenvalue weighted by atomic mass is 10.1. The summed E-state index contributed by atoms with van der Waals surface area (Å²) in [6.45, 7) is 3.44. The minimum atomic E-state index is -4.73. The highest BCUT2D eigenvalue weighted by molar-refractivity contribution is 5.65. The van der Waals surface area contributed by atoms with Crippen LogP contribution in [0.15, 0.2) is 40.8 Å². The standard InChI is InChI=1S/C15H16F3NO2/c1-2-9-19-10-11-7-8-13(20-11)12-5-3-4-6-14(12)21-15(16,17)18/h3-8,19H,2,9-10H2,1H3. The Morgan fingerprint density at radius 2 is 1.90 bits per heavy atom. The van der Waals surface area contributed by atoms with E-state index in [4.69, 9.17) is 4.42 Å². The third-order valence-corrected chi connectivity index (χ3v) is 2.77. The van der Waals surface area contributed by atoms with Gasteiger partial charge in [0.1, 0.15) is 17.3 Å². The second kappa shape index (κ2) is 6.67. The van der Waals surface area contributed by atoms with Gasteiger partial charge >= 0.3 is 6.36 Å². The third-order valence-electron chi connectivity index (χ3n) is 2.77. The molecule has 114 valence electrons. The van der Waals surface area contributed by atoms with E-state index in [1.54, 1.807) is 18.2 Å². The normalized spacial score (nSPS) is 11.6. The third kappa shape index (κ3) is 4.53. The molecule has 0 saturated heterocycles. The van der Waals surface area contributed by atoms with Crippen molar-refractivity contribution in [1.82, 2.24) is 5.32 Å². The van der Waals surface area contributed by atoms with Crippen molar-refractivity contribution in [1.29, 1.82) is 0 Å². The van der Waals surface area contributed by atoms with Crippen LogP contribution in [0, 0.1) is 0 Å². The number of furan rings is 1. The zero-order valence-corrected chi connectivity index (χ0v) is 11.5. The minimum Gasteiger partial charge on any atom is -0.460 e. The number of benzene rings is 1. The molecule has 1 aromatic carbocycles. The van der Waals surface area contributed by atoms with Crippen LogP contribution in [-0.2, 0) is 6.54 Å². The molecule has 0 amide bonds. The van der Waals surface area contributed by atoms with Crippen molar-refractivity contribution < 1.29 is 22.3 Å². The van der Waals surface area contributed by atoms with Crippen molar-refractivity contribution in [3.05, 3.63) is 42.2 Å². The number of rotatable bonds is 6. The highest BCUT2D eigenvalue weighted by Crippen LogP contribution is 2.34. The van der Waals surface area contributed by atoms with E-state index in [1.165, 1.54) is 18.2 Å². The van der Waals surface area contributed by atoms with Gasteiger partial charge in [0.15, 0.2) is 0 Å². The van der Waals surface area contributed by atoms with Gasteiger partial charge in [0, 0.05) is 0 Å². The highest BCUT2D eigenvalue weighted by atomic mass is 19.4. The maximum absolute atomic E-state index is 12.4. The van der Waals surface area contributed by atoms with Crippen LogP contribution in [-0.4, -0.2) is 12.9 Å². The first-order valence-corrected chi connectivity index (χ1v) is 6.64. The quantitative estimate of drug-likeness (QED) is 0.805. The van der Waals surface area contributed by atoms with Crippen molar-refractivity contribution in [2.45, 2.75) is 26.3 Å². The zero-order valence-electron chi connectivity index (χ0n) is 11.5. The van der Waals surface area contributed by atoms with Crippen LogP contribution in [0.3, 0.4) is 0 Å². The van der Waals surface area contributed by atoms with Crippen LogP contribution in [0.4, 0.5) is 13.2 Å². The Hall–Kier alpha value is -1.95. The van der Waals surface area contributed by atoms with Gasteiger partial charge in [-0.1, -0.05) is 19.1 Å². The largest absolute Gasteiger partial charge is 0.573 e. The number of hydrogen-bond donors (Lipinski definition) is 1. The fourth-order valence-corrected chi connectivity index (χ4v) is 1.89. The predicted octanol–water partition coefficient (Wildman–Crippen LogP) is 4.34. The average Bonchev–Trinajstić information content (AvgIpc) is 2.86. The van der Waals surface area contributed by atoms with E-state index >= 15 is 0 Å². The molecule has 21 heavy (non-hydrogen) atoms. The van der Waals surface area contributed by atoms with Gasteiger partial charge in [-0.2, -0.15) is 0 Å². The van der Waals surface area contributed by atoms with Crippen LogP contribution in [0.25, 0.3) is 11.3 Å². The van der Waals surface area contributed by atoms with Crippen LogP contribution in [0.2, 0.25) is 0 Å². The molecule has 0 bridgehead atoms. The Morgan fingerprint density at radius 1 is 1.14 bits per heavy atom. The fraction of sp³-hybridized carbons (Fsp3) is 0.333. The summed E-state index contributed by atoms with van der Waals surface area (Å²) < 4.78 is 46.7. The zero-order chi connectivity index (χ0) is 15.3. The summed E-state index contributed by atoms with van der Waals surface area (Å²) >= 11 is 0. The summed E-state index contributed by atoms with van der Waals surface area (Å²) in [6, 6.07) is 9.29. The first kappa shape index (κ1) is 15.4. The van der Waals surface area contributed by atoms with Crippen molar-refractivity contribution >= 4 is 0 Å². The number of hydrogen-bond acceptors (Lipinski definition) is 3. The van der Waals surface area contributed by atoms with Gasteiger partial charge in [0.2, 0.25) is 0 Å². The number of para-hydroxylation sites is 1. The highest BCUT2D eigenvalue weighted by Gasteiger charge is 2.32. The molecule has 0 saturated carbocycles. The molecule has 0 aliphatic heterocycles. The Bertz CT molecular complexity index is 578. The first-order valence-electron chi connectivity index (χ1n) is 6.64.